The third kappa shape index (κ3) is 2.84. The molecule has 0 spiro atoms. The van der Waals surface area contributed by atoms with E-state index < -0.39 is 0 Å². The van der Waals surface area contributed by atoms with Crippen molar-refractivity contribution in [2.24, 2.45) is 5.41 Å². The van der Waals surface area contributed by atoms with Crippen LogP contribution >= 0.6 is 11.8 Å². The third-order valence-electron chi connectivity index (χ3n) is 3.76. The van der Waals surface area contributed by atoms with Crippen LogP contribution in [-0.2, 0) is 12.8 Å². The summed E-state index contributed by atoms with van der Waals surface area (Å²) in [5.41, 5.74) is 2.75. The average molecular weight is 245 g/mol. The molecular formula is C15H19NS. The molecule has 0 fully saturated rings. The number of fused-ring (bicyclic) bond motifs is 1. The average Bonchev–Trinajstić information content (AvgIpc) is 2.39. The van der Waals surface area contributed by atoms with Crippen LogP contribution in [0.15, 0.2) is 24.3 Å². The maximum Gasteiger partial charge on any atom is 0.0693 e. The van der Waals surface area contributed by atoms with Gasteiger partial charge in [0.15, 0.2) is 0 Å². The highest BCUT2D eigenvalue weighted by Crippen LogP contribution is 2.38. The molecule has 1 aliphatic rings. The topological polar surface area (TPSA) is 23.8 Å². The Kier molecular flexibility index (Phi) is 4.12. The molecule has 0 heterocycles. The van der Waals surface area contributed by atoms with E-state index in [2.05, 4.69) is 36.6 Å². The third-order valence-corrected chi connectivity index (χ3v) is 4.46. The Hall–Kier alpha value is -0.940. The van der Waals surface area contributed by atoms with Crippen LogP contribution in [0, 0.1) is 16.7 Å². The molecule has 0 N–H and O–H groups in total. The van der Waals surface area contributed by atoms with Gasteiger partial charge in [-0.15, -0.1) is 0 Å². The Bertz CT molecular complexity index is 421. The van der Waals surface area contributed by atoms with E-state index in [0.29, 0.717) is 0 Å². The zero-order chi connectivity index (χ0) is 12.1. The van der Waals surface area contributed by atoms with Gasteiger partial charge < -0.3 is 0 Å². The van der Waals surface area contributed by atoms with E-state index in [1.807, 2.05) is 11.8 Å². The van der Waals surface area contributed by atoms with Crippen molar-refractivity contribution in [3.63, 3.8) is 0 Å². The molecule has 1 aliphatic carbocycles. The van der Waals surface area contributed by atoms with E-state index in [4.69, 9.17) is 0 Å². The number of thioether (sulfide) groups is 1. The van der Waals surface area contributed by atoms with E-state index in [0.717, 1.165) is 32.1 Å². The molecule has 0 radical (unpaired) electrons. The highest BCUT2D eigenvalue weighted by atomic mass is 32.2. The van der Waals surface area contributed by atoms with Crippen molar-refractivity contribution in [1.29, 1.82) is 5.26 Å². The van der Waals surface area contributed by atoms with E-state index in [9.17, 15) is 5.26 Å². The number of aryl methyl sites for hydroxylation is 1. The van der Waals surface area contributed by atoms with Crippen molar-refractivity contribution >= 4 is 11.8 Å². The standard InChI is InChI=1S/C15H19NS/c1-17-10-4-8-15(12-16)9-7-13-5-2-3-6-14(13)11-15/h2-3,5-6H,4,7-11H2,1H3. The lowest BCUT2D eigenvalue weighted by molar-refractivity contribution is 0.314. The Morgan fingerprint density at radius 3 is 2.82 bits per heavy atom. The summed E-state index contributed by atoms with van der Waals surface area (Å²) in [4.78, 5) is 0. The fourth-order valence-corrected chi connectivity index (χ4v) is 3.15. The molecular weight excluding hydrogens is 226 g/mol. The molecule has 17 heavy (non-hydrogen) atoms. The number of hydrogen-bond acceptors (Lipinski definition) is 2. The Morgan fingerprint density at radius 1 is 1.35 bits per heavy atom. The second kappa shape index (κ2) is 5.60. The summed E-state index contributed by atoms with van der Waals surface area (Å²) in [6.45, 7) is 0. The van der Waals surface area contributed by atoms with E-state index >= 15 is 0 Å². The first-order valence-electron chi connectivity index (χ1n) is 6.27. The van der Waals surface area contributed by atoms with Crippen LogP contribution in [0.2, 0.25) is 0 Å². The molecule has 90 valence electrons. The smallest absolute Gasteiger partial charge is 0.0693 e. The van der Waals surface area contributed by atoms with E-state index in [1.54, 1.807) is 0 Å². The summed E-state index contributed by atoms with van der Waals surface area (Å²) in [6.07, 6.45) is 7.41. The highest BCUT2D eigenvalue weighted by molar-refractivity contribution is 7.98. The van der Waals surface area contributed by atoms with Gasteiger partial charge in [-0.25, -0.2) is 0 Å². The molecule has 0 aliphatic heterocycles. The fraction of sp³-hybridized carbons (Fsp3) is 0.533. The monoisotopic (exact) mass is 245 g/mol. The normalized spacial score (nSPS) is 22.8. The molecule has 1 atom stereocenters. The minimum atomic E-state index is -0.0932. The van der Waals surface area contributed by atoms with Crippen LogP contribution in [0.3, 0.4) is 0 Å². The van der Waals surface area contributed by atoms with Gasteiger partial charge in [-0.1, -0.05) is 24.3 Å². The molecule has 1 aromatic carbocycles. The van der Waals surface area contributed by atoms with Gasteiger partial charge in [0.05, 0.1) is 11.5 Å². The second-order valence-electron chi connectivity index (χ2n) is 4.93. The van der Waals surface area contributed by atoms with Crippen LogP contribution in [0.25, 0.3) is 0 Å². The Morgan fingerprint density at radius 2 is 2.12 bits per heavy atom. The maximum atomic E-state index is 9.51. The lowest BCUT2D eigenvalue weighted by atomic mass is 9.70. The van der Waals surface area contributed by atoms with Gasteiger partial charge in [0, 0.05) is 0 Å². The molecule has 0 bridgehead atoms. The molecule has 1 unspecified atom stereocenters. The van der Waals surface area contributed by atoms with Crippen LogP contribution in [0.1, 0.15) is 30.4 Å². The zero-order valence-corrected chi connectivity index (χ0v) is 11.2. The van der Waals surface area contributed by atoms with Crippen molar-refractivity contribution in [2.45, 2.75) is 32.1 Å². The number of nitrogens with zero attached hydrogens (tertiary/aromatic N) is 1. The van der Waals surface area contributed by atoms with Gasteiger partial charge in [-0.3, -0.25) is 0 Å². The first kappa shape index (κ1) is 12.5. The number of benzene rings is 1. The molecule has 0 saturated heterocycles. The summed E-state index contributed by atoms with van der Waals surface area (Å²) in [5.74, 6) is 1.17. The molecule has 1 nitrogen and oxygen atoms in total. The summed E-state index contributed by atoms with van der Waals surface area (Å²) in [5, 5.41) is 9.51. The quantitative estimate of drug-likeness (QED) is 0.753. The van der Waals surface area contributed by atoms with Crippen molar-refractivity contribution in [3.8, 4) is 6.07 Å². The predicted octanol–water partition coefficient (Wildman–Crippen LogP) is 3.83. The molecule has 0 saturated carbocycles. The van der Waals surface area contributed by atoms with Crippen LogP contribution in [0.4, 0.5) is 0 Å². The first-order valence-corrected chi connectivity index (χ1v) is 7.66. The fourth-order valence-electron chi connectivity index (χ4n) is 2.72. The van der Waals surface area contributed by atoms with Gasteiger partial charge in [0.2, 0.25) is 0 Å². The van der Waals surface area contributed by atoms with Gasteiger partial charge in [-0.2, -0.15) is 17.0 Å². The van der Waals surface area contributed by atoms with Crippen LogP contribution in [0.5, 0.6) is 0 Å². The largest absolute Gasteiger partial charge is 0.198 e. The first-order chi connectivity index (χ1) is 8.29. The van der Waals surface area contributed by atoms with Gasteiger partial charge in [0.1, 0.15) is 0 Å². The maximum absolute atomic E-state index is 9.51. The highest BCUT2D eigenvalue weighted by Gasteiger charge is 2.33. The molecule has 0 amide bonds. The minimum absolute atomic E-state index is 0.0932. The second-order valence-corrected chi connectivity index (χ2v) is 5.92. The van der Waals surface area contributed by atoms with Crippen molar-refractivity contribution in [2.75, 3.05) is 12.0 Å². The van der Waals surface area contributed by atoms with Crippen molar-refractivity contribution < 1.29 is 0 Å². The van der Waals surface area contributed by atoms with E-state index in [-0.39, 0.29) is 5.41 Å². The van der Waals surface area contributed by atoms with Crippen molar-refractivity contribution in [1.82, 2.24) is 0 Å². The lowest BCUT2D eigenvalue weighted by Gasteiger charge is -2.32. The summed E-state index contributed by atoms with van der Waals surface area (Å²) in [6, 6.07) is 11.2. The minimum Gasteiger partial charge on any atom is -0.198 e. The number of rotatable bonds is 4. The molecule has 2 rings (SSSR count). The molecule has 2 heteroatoms. The van der Waals surface area contributed by atoms with Gasteiger partial charge >= 0.3 is 0 Å². The Balaban J connectivity index is 2.10. The SMILES string of the molecule is CSCCCC1(C#N)CCc2ccccc2C1. The van der Waals surface area contributed by atoms with Crippen LogP contribution < -0.4 is 0 Å². The van der Waals surface area contributed by atoms with Gasteiger partial charge in [-0.05, 0) is 55.2 Å². The summed E-state index contributed by atoms with van der Waals surface area (Å²) >= 11 is 1.88. The number of hydrogen-bond donors (Lipinski definition) is 0. The summed E-state index contributed by atoms with van der Waals surface area (Å²) in [7, 11) is 0. The lowest BCUT2D eigenvalue weighted by Crippen LogP contribution is -2.27. The van der Waals surface area contributed by atoms with Crippen LogP contribution in [-0.4, -0.2) is 12.0 Å². The van der Waals surface area contributed by atoms with Gasteiger partial charge in [0.25, 0.3) is 0 Å². The Labute approximate surface area is 108 Å². The number of nitriles is 1. The predicted molar refractivity (Wildman–Crippen MR) is 74.1 cm³/mol. The molecule has 0 aromatic heterocycles. The summed E-state index contributed by atoms with van der Waals surface area (Å²) < 4.78 is 0. The molecule has 1 aromatic rings. The zero-order valence-electron chi connectivity index (χ0n) is 10.4. The van der Waals surface area contributed by atoms with Crippen molar-refractivity contribution in [3.05, 3.63) is 35.4 Å². The van der Waals surface area contributed by atoms with E-state index in [1.165, 1.54) is 16.9 Å².